The van der Waals surface area contributed by atoms with E-state index in [9.17, 15) is 29.1 Å². The highest BCUT2D eigenvalue weighted by Crippen LogP contribution is 2.46. The number of benzene rings is 4. The van der Waals surface area contributed by atoms with E-state index >= 15 is 0 Å². The molecule has 0 atom stereocenters. The molecule has 9 rings (SSSR count). The Hall–Kier alpha value is -6.68. The molecule has 5 aliphatic rings. The lowest BCUT2D eigenvalue weighted by atomic mass is 9.77. The lowest BCUT2D eigenvalue weighted by molar-refractivity contribution is -0.349. The number of hydrogen-bond donors (Lipinski definition) is 3. The van der Waals surface area contributed by atoms with Crippen LogP contribution in [0.3, 0.4) is 0 Å². The van der Waals surface area contributed by atoms with E-state index in [1.54, 1.807) is 60.7 Å². The predicted octanol–water partition coefficient (Wildman–Crippen LogP) is 5.33. The number of nitrogens with zero attached hydrogens (tertiary/aromatic N) is 2. The van der Waals surface area contributed by atoms with Gasteiger partial charge in [-0.2, -0.15) is 0 Å². The molecule has 4 heterocycles. The van der Waals surface area contributed by atoms with Crippen molar-refractivity contribution in [1.29, 1.82) is 0 Å². The number of aliphatic hydroxyl groups excluding tert-OH is 1. The van der Waals surface area contributed by atoms with E-state index < -0.39 is 10.8 Å². The largest absolute Gasteiger partial charge is 0.506 e. The normalized spacial score (nSPS) is 20.4. The minimum atomic E-state index is -0.573. The summed E-state index contributed by atoms with van der Waals surface area (Å²) < 4.78 is 0. The van der Waals surface area contributed by atoms with Gasteiger partial charge in [0.1, 0.15) is 5.76 Å². The second kappa shape index (κ2) is 11.4. The number of fused-ring (bicyclic) bond motifs is 4. The minimum absolute atomic E-state index is 0.0975. The minimum Gasteiger partial charge on any atom is -0.506 e. The first-order valence-electron chi connectivity index (χ1n) is 17.8. The number of anilines is 1. The van der Waals surface area contributed by atoms with E-state index in [2.05, 4.69) is 10.3 Å². The van der Waals surface area contributed by atoms with E-state index in [1.165, 1.54) is 9.80 Å². The fourth-order valence-corrected chi connectivity index (χ4v) is 8.09. The van der Waals surface area contributed by atoms with Gasteiger partial charge in [0.15, 0.2) is 5.71 Å². The topological polar surface area (TPSA) is 138 Å². The number of carbonyl (C=O) groups is 5. The molecule has 3 N–H and O–H groups in total. The summed E-state index contributed by atoms with van der Waals surface area (Å²) >= 11 is 0. The number of carbonyl (C=O) groups excluding carboxylic acids is 5. The molecule has 266 valence electrons. The van der Waals surface area contributed by atoms with E-state index in [0.717, 1.165) is 45.0 Å². The van der Waals surface area contributed by atoms with Crippen LogP contribution < -0.4 is 10.3 Å². The number of nitrogens with one attached hydrogen (secondary N) is 2. The van der Waals surface area contributed by atoms with E-state index in [-0.39, 0.29) is 59.4 Å². The van der Waals surface area contributed by atoms with Gasteiger partial charge in [-0.3, -0.25) is 33.8 Å². The number of imide groups is 2. The van der Waals surface area contributed by atoms with Crippen molar-refractivity contribution in [1.82, 2.24) is 9.80 Å². The average Bonchev–Trinajstić information content (AvgIpc) is 3.76. The number of ketones is 1. The summed E-state index contributed by atoms with van der Waals surface area (Å²) in [5.41, 5.74) is 7.51. The lowest BCUT2D eigenvalue weighted by Crippen LogP contribution is -2.65. The number of rotatable bonds is 6. The first kappa shape index (κ1) is 33.2. The molecule has 1 aliphatic carbocycles. The summed E-state index contributed by atoms with van der Waals surface area (Å²) in [5, 5.41) is 14.6. The Morgan fingerprint density at radius 2 is 1.15 bits per heavy atom. The molecule has 0 unspecified atom stereocenters. The fraction of sp³-hybridized carbons (Fsp3) is 0.182. The van der Waals surface area contributed by atoms with Gasteiger partial charge in [0.25, 0.3) is 23.6 Å². The molecule has 10 nitrogen and oxygen atoms in total. The maximum Gasteiger partial charge on any atom is 0.261 e. The van der Waals surface area contributed by atoms with Crippen LogP contribution >= 0.6 is 0 Å². The number of allylic oxidation sites excluding steroid dienone is 5. The maximum atomic E-state index is 13.6. The summed E-state index contributed by atoms with van der Waals surface area (Å²) in [5.74, 6) is -1.64. The second-order valence-corrected chi connectivity index (χ2v) is 15.4. The average molecular weight is 716 g/mol. The Morgan fingerprint density at radius 3 is 1.67 bits per heavy atom. The summed E-state index contributed by atoms with van der Waals surface area (Å²) in [6.07, 6.45) is 3.38. The predicted molar refractivity (Wildman–Crippen MR) is 200 cm³/mol. The van der Waals surface area contributed by atoms with Gasteiger partial charge in [0.05, 0.1) is 51.9 Å². The number of amides is 4. The molecule has 4 amide bonds. The van der Waals surface area contributed by atoms with E-state index in [0.29, 0.717) is 22.3 Å². The third-order valence-electron chi connectivity index (χ3n) is 11.4. The van der Waals surface area contributed by atoms with E-state index in [1.807, 2.05) is 64.1 Å². The van der Waals surface area contributed by atoms with Crippen molar-refractivity contribution in [3.05, 3.63) is 164 Å². The first-order valence-corrected chi connectivity index (χ1v) is 17.8. The maximum absolute atomic E-state index is 13.6. The second-order valence-electron chi connectivity index (χ2n) is 15.4. The molecule has 0 aromatic heterocycles. The summed E-state index contributed by atoms with van der Waals surface area (Å²) in [6.45, 7) is 8.33. The fourth-order valence-electron chi connectivity index (χ4n) is 8.09. The molecular formula is C44H35N4O6+. The highest BCUT2D eigenvalue weighted by molar-refractivity contribution is 6.24. The van der Waals surface area contributed by atoms with Gasteiger partial charge in [-0.1, -0.05) is 56.3 Å². The number of Topliss-reactive ketones (excluding diaryl/α,β-unsaturated/α-hetero) is 1. The van der Waals surface area contributed by atoms with Crippen LogP contribution in [0.15, 0.2) is 120 Å². The van der Waals surface area contributed by atoms with Gasteiger partial charge in [-0.05, 0) is 73.0 Å². The quantitative estimate of drug-likeness (QED) is 0.181. The molecule has 0 spiro atoms. The monoisotopic (exact) mass is 715 g/mol. The van der Waals surface area contributed by atoms with Crippen molar-refractivity contribution >= 4 is 46.5 Å². The van der Waals surface area contributed by atoms with Crippen LogP contribution in [0.5, 0.6) is 0 Å². The SMILES string of the molecule is CC1(C)C(=CC2=C(O)C(=CC3=[NH+]c4ccc(CN5C(=O)c6ccccc6C5=O)cc4C3(C)C)C2=O)Nc2ccc(CN3C(=O)c4ccccc4C3=O)cc21. The van der Waals surface area contributed by atoms with Crippen molar-refractivity contribution in [2.75, 3.05) is 5.32 Å². The van der Waals surface area contributed by atoms with Crippen molar-refractivity contribution < 1.29 is 34.1 Å². The van der Waals surface area contributed by atoms with Gasteiger partial charge in [0, 0.05) is 34.5 Å². The van der Waals surface area contributed by atoms with Crippen molar-refractivity contribution in [3.63, 3.8) is 0 Å². The molecule has 0 bridgehead atoms. The molecule has 0 saturated carbocycles. The third kappa shape index (κ3) is 4.72. The van der Waals surface area contributed by atoms with Gasteiger partial charge < -0.3 is 10.4 Å². The standard InChI is InChI=1S/C44H34N4O6/c1-43(2)31-17-23(21-47-39(51)25-9-5-6-10-26(25)40(47)52)13-15-33(31)45-35(43)19-29-37(49)30(38(29)50)20-36-44(3,4)32-18-24(14-16-34(32)46-36)22-48-41(53)27-11-7-8-12-28(27)42(48)54/h5-20,45,49H,21-22H2,1-4H3/p+1. The molecule has 0 saturated heterocycles. The molecule has 0 radical (unpaired) electrons. The van der Waals surface area contributed by atoms with Crippen molar-refractivity contribution in [2.24, 2.45) is 0 Å². The van der Waals surface area contributed by atoms with Crippen molar-refractivity contribution in [2.45, 2.75) is 51.6 Å². The van der Waals surface area contributed by atoms with Crippen LogP contribution in [0.1, 0.15) is 91.4 Å². The zero-order valence-corrected chi connectivity index (χ0v) is 30.0. The van der Waals surface area contributed by atoms with Crippen LogP contribution in [0, 0.1) is 0 Å². The Labute approximate surface area is 310 Å². The molecule has 4 aromatic carbocycles. The Kier molecular flexibility index (Phi) is 7.01. The molecular weight excluding hydrogens is 681 g/mol. The smallest absolute Gasteiger partial charge is 0.261 e. The van der Waals surface area contributed by atoms with Crippen LogP contribution in [0.4, 0.5) is 11.4 Å². The molecule has 4 aromatic rings. The third-order valence-corrected chi connectivity index (χ3v) is 11.4. The Morgan fingerprint density at radius 1 is 0.648 bits per heavy atom. The molecule has 10 heteroatoms. The summed E-state index contributed by atoms with van der Waals surface area (Å²) in [7, 11) is 0. The van der Waals surface area contributed by atoms with Crippen LogP contribution in [-0.4, -0.2) is 50.0 Å². The zero-order chi connectivity index (χ0) is 37.8. The molecule has 0 fully saturated rings. The van der Waals surface area contributed by atoms with Gasteiger partial charge in [0.2, 0.25) is 11.5 Å². The lowest BCUT2D eigenvalue weighted by Gasteiger charge is -2.25. The highest BCUT2D eigenvalue weighted by atomic mass is 16.3. The first-order chi connectivity index (χ1) is 25.8. The van der Waals surface area contributed by atoms with Crippen LogP contribution in [0.25, 0.3) is 0 Å². The molecule has 4 aliphatic heterocycles. The van der Waals surface area contributed by atoms with Gasteiger partial charge in [-0.25, -0.2) is 4.99 Å². The highest BCUT2D eigenvalue weighted by Gasteiger charge is 2.45. The van der Waals surface area contributed by atoms with Crippen LogP contribution in [0.2, 0.25) is 0 Å². The zero-order valence-electron chi connectivity index (χ0n) is 30.0. The Balaban J connectivity index is 0.928. The summed E-state index contributed by atoms with van der Waals surface area (Å²) in [4.78, 5) is 71.5. The van der Waals surface area contributed by atoms with E-state index in [4.69, 9.17) is 0 Å². The Bertz CT molecular complexity index is 2530. The summed E-state index contributed by atoms with van der Waals surface area (Å²) in [6, 6.07) is 25.2. The van der Waals surface area contributed by atoms with Gasteiger partial charge in [-0.15, -0.1) is 0 Å². The van der Waals surface area contributed by atoms with Gasteiger partial charge >= 0.3 is 0 Å². The van der Waals surface area contributed by atoms with Crippen LogP contribution in [-0.2, 0) is 28.7 Å². The molecule has 54 heavy (non-hydrogen) atoms. The number of aliphatic hydroxyl groups is 1. The van der Waals surface area contributed by atoms with Crippen molar-refractivity contribution in [3.8, 4) is 0 Å². The number of hydrogen-bond acceptors (Lipinski definition) is 7.